The van der Waals surface area contributed by atoms with Crippen LogP contribution in [0.4, 0.5) is 0 Å². The number of hydrogen-bond donors (Lipinski definition) is 1. The van der Waals surface area contributed by atoms with Crippen molar-refractivity contribution in [3.05, 3.63) is 6.20 Å². The highest BCUT2D eigenvalue weighted by Crippen LogP contribution is 2.09. The summed E-state index contributed by atoms with van der Waals surface area (Å²) in [6.07, 6.45) is 1.20. The lowest BCUT2D eigenvalue weighted by molar-refractivity contribution is 0.583. The molecule has 0 aliphatic carbocycles. The Morgan fingerprint density at radius 2 is 2.18 bits per heavy atom. The molecule has 11 heavy (non-hydrogen) atoms. The van der Waals surface area contributed by atoms with Gasteiger partial charge in [0.15, 0.2) is 5.03 Å². The molecule has 1 rings (SSSR count). The van der Waals surface area contributed by atoms with Crippen LogP contribution in [0.2, 0.25) is 0 Å². The maximum Gasteiger partial charge on any atom is 0.201 e. The third-order valence-electron chi connectivity index (χ3n) is 1.31. The Labute approximate surface area is 64.7 Å². The van der Waals surface area contributed by atoms with E-state index in [0.29, 0.717) is 0 Å². The van der Waals surface area contributed by atoms with Crippen LogP contribution in [-0.2, 0) is 9.84 Å². The Hall–Kier alpha value is -0.910. The summed E-state index contributed by atoms with van der Waals surface area (Å²) in [6.45, 7) is 3.20. The van der Waals surface area contributed by atoms with E-state index in [1.807, 2.05) is 0 Å². The summed E-state index contributed by atoms with van der Waals surface area (Å²) in [4.78, 5) is 0. The van der Waals surface area contributed by atoms with E-state index < -0.39 is 15.1 Å². The number of H-pyrrole nitrogens is 1. The third kappa shape index (κ3) is 1.40. The first-order valence-corrected chi connectivity index (χ1v) is 4.69. The molecule has 1 N–H and O–H groups in total. The zero-order chi connectivity index (χ0) is 8.48. The zero-order valence-corrected chi connectivity index (χ0v) is 7.09. The highest BCUT2D eigenvalue weighted by molar-refractivity contribution is 7.91. The second kappa shape index (κ2) is 2.61. The quantitative estimate of drug-likeness (QED) is 0.685. The number of rotatable bonds is 2. The van der Waals surface area contributed by atoms with Crippen molar-refractivity contribution in [2.75, 3.05) is 0 Å². The van der Waals surface area contributed by atoms with E-state index in [1.54, 1.807) is 13.8 Å². The molecule has 0 radical (unpaired) electrons. The molecule has 0 aliphatic rings. The van der Waals surface area contributed by atoms with E-state index in [-0.39, 0.29) is 5.03 Å². The van der Waals surface area contributed by atoms with Gasteiger partial charge in [-0.1, -0.05) is 0 Å². The van der Waals surface area contributed by atoms with Gasteiger partial charge in [-0.15, -0.1) is 5.10 Å². The minimum absolute atomic E-state index is 0.00694. The van der Waals surface area contributed by atoms with Gasteiger partial charge in [0.05, 0.1) is 11.4 Å². The third-order valence-corrected chi connectivity index (χ3v) is 3.33. The number of aromatic nitrogens is 3. The lowest BCUT2D eigenvalue weighted by Gasteiger charge is -2.01. The van der Waals surface area contributed by atoms with E-state index in [2.05, 4.69) is 15.4 Å². The second-order valence-electron chi connectivity index (χ2n) is 2.40. The molecule has 0 saturated carbocycles. The maximum atomic E-state index is 11.3. The van der Waals surface area contributed by atoms with Crippen molar-refractivity contribution in [1.29, 1.82) is 0 Å². The van der Waals surface area contributed by atoms with Gasteiger partial charge in [0, 0.05) is 0 Å². The summed E-state index contributed by atoms with van der Waals surface area (Å²) in [6, 6.07) is 0. The predicted molar refractivity (Wildman–Crippen MR) is 38.7 cm³/mol. The molecule has 1 aromatic heterocycles. The molecule has 0 fully saturated rings. The number of nitrogens with zero attached hydrogens (tertiary/aromatic N) is 2. The molecule has 0 atom stereocenters. The van der Waals surface area contributed by atoms with Crippen LogP contribution in [-0.4, -0.2) is 29.1 Å². The predicted octanol–water partition coefficient (Wildman–Crippen LogP) is -0.0132. The van der Waals surface area contributed by atoms with Gasteiger partial charge in [0.25, 0.3) is 0 Å². The summed E-state index contributed by atoms with van der Waals surface area (Å²) in [5, 5.41) is 8.71. The molecule has 0 aromatic carbocycles. The van der Waals surface area contributed by atoms with E-state index in [0.717, 1.165) is 0 Å². The van der Waals surface area contributed by atoms with E-state index in [1.165, 1.54) is 6.20 Å². The smallest absolute Gasteiger partial charge is 0.201 e. The van der Waals surface area contributed by atoms with Crippen molar-refractivity contribution < 1.29 is 8.42 Å². The molecule has 5 nitrogen and oxygen atoms in total. The molecule has 1 heterocycles. The largest absolute Gasteiger partial charge is 0.222 e. The minimum atomic E-state index is -3.24. The molecule has 0 aliphatic heterocycles. The second-order valence-corrected chi connectivity index (χ2v) is 4.85. The van der Waals surface area contributed by atoms with Crippen molar-refractivity contribution in [2.24, 2.45) is 0 Å². The number of sulfone groups is 1. The fourth-order valence-electron chi connectivity index (χ4n) is 0.570. The van der Waals surface area contributed by atoms with E-state index in [4.69, 9.17) is 0 Å². The molecule has 0 amide bonds. The van der Waals surface area contributed by atoms with E-state index in [9.17, 15) is 8.42 Å². The normalized spacial score (nSPS) is 12.3. The topological polar surface area (TPSA) is 75.7 Å². The minimum Gasteiger partial charge on any atom is -0.222 e. The Morgan fingerprint density at radius 3 is 2.55 bits per heavy atom. The molecule has 0 unspecified atom stereocenters. The average molecular weight is 175 g/mol. The molecule has 1 aromatic rings. The van der Waals surface area contributed by atoms with Crippen LogP contribution in [0, 0.1) is 0 Å². The molecular formula is C5H9N3O2S. The molecule has 0 saturated heterocycles. The van der Waals surface area contributed by atoms with Crippen LogP contribution in [0.3, 0.4) is 0 Å². The lowest BCUT2D eigenvalue weighted by atomic mass is 10.6. The van der Waals surface area contributed by atoms with Gasteiger partial charge < -0.3 is 0 Å². The molecule has 6 heteroatoms. The monoisotopic (exact) mass is 175 g/mol. The first-order valence-electron chi connectivity index (χ1n) is 3.15. The van der Waals surface area contributed by atoms with Crippen LogP contribution in [0.1, 0.15) is 13.8 Å². The Kier molecular flexibility index (Phi) is 1.95. The Morgan fingerprint density at radius 1 is 1.55 bits per heavy atom. The first kappa shape index (κ1) is 8.19. The van der Waals surface area contributed by atoms with Crippen LogP contribution in [0.25, 0.3) is 0 Å². The van der Waals surface area contributed by atoms with Crippen LogP contribution >= 0.6 is 0 Å². The fourth-order valence-corrected chi connectivity index (χ4v) is 1.42. The van der Waals surface area contributed by atoms with Gasteiger partial charge in [-0.2, -0.15) is 10.3 Å². The summed E-state index contributed by atoms with van der Waals surface area (Å²) < 4.78 is 22.5. The Balaban J connectivity index is 3.12. The number of aromatic amines is 1. The Bertz CT molecular complexity index is 314. The average Bonchev–Trinajstić information content (AvgIpc) is 2.37. The number of nitrogens with one attached hydrogen (secondary N) is 1. The van der Waals surface area contributed by atoms with Crippen LogP contribution < -0.4 is 0 Å². The van der Waals surface area contributed by atoms with Crippen molar-refractivity contribution in [3.8, 4) is 0 Å². The van der Waals surface area contributed by atoms with Gasteiger partial charge in [-0.05, 0) is 13.8 Å². The van der Waals surface area contributed by atoms with Gasteiger partial charge in [0.2, 0.25) is 9.84 Å². The van der Waals surface area contributed by atoms with Crippen molar-refractivity contribution >= 4 is 9.84 Å². The van der Waals surface area contributed by atoms with Gasteiger partial charge in [0.1, 0.15) is 0 Å². The molecule has 0 bridgehead atoms. The molecule has 62 valence electrons. The van der Waals surface area contributed by atoms with Crippen LogP contribution in [0.15, 0.2) is 11.2 Å². The maximum absolute atomic E-state index is 11.3. The summed E-state index contributed by atoms with van der Waals surface area (Å²) in [7, 11) is -3.24. The van der Waals surface area contributed by atoms with Crippen molar-refractivity contribution in [2.45, 2.75) is 24.1 Å². The summed E-state index contributed by atoms with van der Waals surface area (Å²) in [5.74, 6) is 0. The van der Waals surface area contributed by atoms with Crippen LogP contribution in [0.5, 0.6) is 0 Å². The van der Waals surface area contributed by atoms with Gasteiger partial charge in [-0.25, -0.2) is 8.42 Å². The standard InChI is InChI=1S/C5H9N3O2S/c1-4(2)11(9,10)5-3-6-8-7-5/h3-4H,1-2H3,(H,6,7,8). The van der Waals surface area contributed by atoms with Crippen molar-refractivity contribution in [3.63, 3.8) is 0 Å². The fraction of sp³-hybridized carbons (Fsp3) is 0.600. The van der Waals surface area contributed by atoms with Gasteiger partial charge in [-0.3, -0.25) is 0 Å². The van der Waals surface area contributed by atoms with E-state index >= 15 is 0 Å². The first-order chi connectivity index (χ1) is 5.05. The summed E-state index contributed by atoms with van der Waals surface area (Å²) in [5.41, 5.74) is 0. The lowest BCUT2D eigenvalue weighted by Crippen LogP contribution is -2.14. The zero-order valence-electron chi connectivity index (χ0n) is 6.27. The SMILES string of the molecule is CC(C)S(=O)(=O)c1cn[nH]n1. The summed E-state index contributed by atoms with van der Waals surface area (Å²) >= 11 is 0. The highest BCUT2D eigenvalue weighted by Gasteiger charge is 2.21. The molecular weight excluding hydrogens is 166 g/mol. The van der Waals surface area contributed by atoms with Crippen molar-refractivity contribution in [1.82, 2.24) is 15.4 Å². The number of hydrogen-bond acceptors (Lipinski definition) is 4. The van der Waals surface area contributed by atoms with Gasteiger partial charge >= 0.3 is 0 Å². The highest BCUT2D eigenvalue weighted by atomic mass is 32.2. The molecule has 0 spiro atoms.